The predicted octanol–water partition coefficient (Wildman–Crippen LogP) is 3.16. The van der Waals surface area contributed by atoms with Crippen LogP contribution < -0.4 is 14.5 Å². The zero-order chi connectivity index (χ0) is 14.7. The SMILES string of the molecule is COc1ccc(N2CCN(c3ccc(F)cc3)CC2)cc1. The molecule has 0 spiro atoms. The zero-order valence-corrected chi connectivity index (χ0v) is 12.1. The summed E-state index contributed by atoms with van der Waals surface area (Å²) in [5, 5.41) is 0. The first-order valence-corrected chi connectivity index (χ1v) is 7.16. The normalized spacial score (nSPS) is 15.1. The second-order valence-electron chi connectivity index (χ2n) is 5.15. The Bertz CT molecular complexity index is 575. The molecule has 1 saturated heterocycles. The minimum absolute atomic E-state index is 0.185. The third kappa shape index (κ3) is 3.10. The average molecular weight is 286 g/mol. The van der Waals surface area contributed by atoms with Crippen molar-refractivity contribution in [3.8, 4) is 5.75 Å². The van der Waals surface area contributed by atoms with Gasteiger partial charge in [0.05, 0.1) is 7.11 Å². The van der Waals surface area contributed by atoms with Crippen molar-refractivity contribution in [3.05, 3.63) is 54.3 Å². The Labute approximate surface area is 124 Å². The van der Waals surface area contributed by atoms with E-state index in [2.05, 4.69) is 21.9 Å². The largest absolute Gasteiger partial charge is 0.497 e. The number of rotatable bonds is 3. The lowest BCUT2D eigenvalue weighted by Gasteiger charge is -2.37. The summed E-state index contributed by atoms with van der Waals surface area (Å²) in [6.45, 7) is 3.81. The first-order valence-electron chi connectivity index (χ1n) is 7.16. The molecule has 0 amide bonds. The van der Waals surface area contributed by atoms with Gasteiger partial charge < -0.3 is 14.5 Å². The van der Waals surface area contributed by atoms with E-state index in [1.807, 2.05) is 24.3 Å². The lowest BCUT2D eigenvalue weighted by Crippen LogP contribution is -2.46. The van der Waals surface area contributed by atoms with Gasteiger partial charge in [0.15, 0.2) is 0 Å². The van der Waals surface area contributed by atoms with Gasteiger partial charge in [-0.25, -0.2) is 4.39 Å². The van der Waals surface area contributed by atoms with Crippen molar-refractivity contribution in [3.63, 3.8) is 0 Å². The number of anilines is 2. The number of nitrogens with zero attached hydrogens (tertiary/aromatic N) is 2. The Balaban J connectivity index is 1.62. The van der Waals surface area contributed by atoms with Gasteiger partial charge >= 0.3 is 0 Å². The Hall–Kier alpha value is -2.23. The van der Waals surface area contributed by atoms with E-state index in [9.17, 15) is 4.39 Å². The van der Waals surface area contributed by atoms with E-state index in [1.165, 1.54) is 17.8 Å². The van der Waals surface area contributed by atoms with Gasteiger partial charge in [-0.1, -0.05) is 0 Å². The summed E-state index contributed by atoms with van der Waals surface area (Å²) in [5.74, 6) is 0.694. The second kappa shape index (κ2) is 6.04. The summed E-state index contributed by atoms with van der Waals surface area (Å²) >= 11 is 0. The second-order valence-corrected chi connectivity index (χ2v) is 5.15. The van der Waals surface area contributed by atoms with Crippen LogP contribution in [0.3, 0.4) is 0 Å². The minimum Gasteiger partial charge on any atom is -0.497 e. The molecule has 0 N–H and O–H groups in total. The van der Waals surface area contributed by atoms with Gasteiger partial charge in [-0.05, 0) is 48.5 Å². The Morgan fingerprint density at radius 3 is 1.62 bits per heavy atom. The molecule has 1 aliphatic rings. The molecule has 2 aromatic carbocycles. The zero-order valence-electron chi connectivity index (χ0n) is 12.1. The highest BCUT2D eigenvalue weighted by Crippen LogP contribution is 2.22. The molecule has 2 aromatic rings. The number of piperazine rings is 1. The molecule has 0 aliphatic carbocycles. The quantitative estimate of drug-likeness (QED) is 0.862. The first kappa shape index (κ1) is 13.7. The Kier molecular flexibility index (Phi) is 3.95. The van der Waals surface area contributed by atoms with E-state index in [4.69, 9.17) is 4.74 Å². The van der Waals surface area contributed by atoms with Crippen LogP contribution in [0, 0.1) is 5.82 Å². The maximum Gasteiger partial charge on any atom is 0.123 e. The van der Waals surface area contributed by atoms with Crippen LogP contribution in [0.2, 0.25) is 0 Å². The van der Waals surface area contributed by atoms with Gasteiger partial charge in [0, 0.05) is 37.6 Å². The molecule has 1 fully saturated rings. The summed E-state index contributed by atoms with van der Waals surface area (Å²) in [5.41, 5.74) is 2.31. The summed E-state index contributed by atoms with van der Waals surface area (Å²) < 4.78 is 18.1. The van der Waals surface area contributed by atoms with Crippen molar-refractivity contribution in [1.82, 2.24) is 0 Å². The predicted molar refractivity (Wildman–Crippen MR) is 83.8 cm³/mol. The van der Waals surface area contributed by atoms with Gasteiger partial charge in [-0.2, -0.15) is 0 Å². The molecule has 0 saturated carbocycles. The van der Waals surface area contributed by atoms with Gasteiger partial charge in [0.1, 0.15) is 11.6 Å². The maximum absolute atomic E-state index is 13.0. The van der Waals surface area contributed by atoms with Crippen molar-refractivity contribution >= 4 is 11.4 Å². The van der Waals surface area contributed by atoms with Crippen LogP contribution in [0.4, 0.5) is 15.8 Å². The average Bonchev–Trinajstić information content (AvgIpc) is 2.56. The van der Waals surface area contributed by atoms with Gasteiger partial charge in [0.2, 0.25) is 0 Å². The fraction of sp³-hybridized carbons (Fsp3) is 0.294. The molecular weight excluding hydrogens is 267 g/mol. The van der Waals surface area contributed by atoms with Crippen LogP contribution in [0.15, 0.2) is 48.5 Å². The molecule has 110 valence electrons. The molecule has 0 bridgehead atoms. The fourth-order valence-electron chi connectivity index (χ4n) is 2.67. The Morgan fingerprint density at radius 2 is 1.19 bits per heavy atom. The number of hydrogen-bond acceptors (Lipinski definition) is 3. The number of hydrogen-bond donors (Lipinski definition) is 0. The number of halogens is 1. The number of ether oxygens (including phenoxy) is 1. The standard InChI is InChI=1S/C17H19FN2O/c1-21-17-8-6-16(7-9-17)20-12-10-19(11-13-20)15-4-2-14(18)3-5-15/h2-9H,10-13H2,1H3. The first-order chi connectivity index (χ1) is 10.3. The molecule has 0 aromatic heterocycles. The summed E-state index contributed by atoms with van der Waals surface area (Å²) in [4.78, 5) is 4.65. The topological polar surface area (TPSA) is 15.7 Å². The molecule has 4 heteroatoms. The lowest BCUT2D eigenvalue weighted by molar-refractivity contribution is 0.415. The fourth-order valence-corrected chi connectivity index (χ4v) is 2.67. The van der Waals surface area contributed by atoms with Crippen LogP contribution in [0.25, 0.3) is 0 Å². The van der Waals surface area contributed by atoms with E-state index in [1.54, 1.807) is 7.11 Å². The van der Waals surface area contributed by atoms with Crippen molar-refractivity contribution in [2.24, 2.45) is 0 Å². The molecule has 0 atom stereocenters. The molecule has 3 rings (SSSR count). The van der Waals surface area contributed by atoms with Gasteiger partial charge in [0.25, 0.3) is 0 Å². The van der Waals surface area contributed by atoms with E-state index in [0.29, 0.717) is 0 Å². The van der Waals surface area contributed by atoms with Crippen LogP contribution >= 0.6 is 0 Å². The lowest BCUT2D eigenvalue weighted by atomic mass is 10.2. The molecular formula is C17H19FN2O. The minimum atomic E-state index is -0.185. The smallest absolute Gasteiger partial charge is 0.123 e. The highest BCUT2D eigenvalue weighted by Gasteiger charge is 2.17. The highest BCUT2D eigenvalue weighted by atomic mass is 19.1. The number of benzene rings is 2. The summed E-state index contributed by atoms with van der Waals surface area (Å²) in [6, 6.07) is 14.9. The summed E-state index contributed by atoms with van der Waals surface area (Å²) in [7, 11) is 1.68. The third-order valence-corrected chi connectivity index (χ3v) is 3.91. The monoisotopic (exact) mass is 286 g/mol. The van der Waals surface area contributed by atoms with E-state index in [0.717, 1.165) is 37.6 Å². The van der Waals surface area contributed by atoms with Crippen molar-refractivity contribution in [2.45, 2.75) is 0 Å². The molecule has 1 heterocycles. The summed E-state index contributed by atoms with van der Waals surface area (Å²) in [6.07, 6.45) is 0. The highest BCUT2D eigenvalue weighted by molar-refractivity contribution is 5.52. The van der Waals surface area contributed by atoms with E-state index < -0.39 is 0 Å². The van der Waals surface area contributed by atoms with Crippen LogP contribution in [-0.2, 0) is 0 Å². The van der Waals surface area contributed by atoms with Gasteiger partial charge in [-0.3, -0.25) is 0 Å². The van der Waals surface area contributed by atoms with Crippen molar-refractivity contribution in [2.75, 3.05) is 43.1 Å². The van der Waals surface area contributed by atoms with Crippen LogP contribution in [0.5, 0.6) is 5.75 Å². The van der Waals surface area contributed by atoms with E-state index >= 15 is 0 Å². The Morgan fingerprint density at radius 1 is 0.762 bits per heavy atom. The van der Waals surface area contributed by atoms with Crippen molar-refractivity contribution < 1.29 is 9.13 Å². The van der Waals surface area contributed by atoms with E-state index in [-0.39, 0.29) is 5.82 Å². The van der Waals surface area contributed by atoms with Crippen molar-refractivity contribution in [1.29, 1.82) is 0 Å². The molecule has 0 radical (unpaired) electrons. The molecule has 21 heavy (non-hydrogen) atoms. The molecule has 1 aliphatic heterocycles. The maximum atomic E-state index is 13.0. The number of methoxy groups -OCH3 is 1. The molecule has 0 unspecified atom stereocenters. The van der Waals surface area contributed by atoms with Gasteiger partial charge in [-0.15, -0.1) is 0 Å². The molecule has 3 nitrogen and oxygen atoms in total. The van der Waals surface area contributed by atoms with Crippen LogP contribution in [0.1, 0.15) is 0 Å². The third-order valence-electron chi connectivity index (χ3n) is 3.91. The van der Waals surface area contributed by atoms with Crippen LogP contribution in [-0.4, -0.2) is 33.3 Å².